The predicted molar refractivity (Wildman–Crippen MR) is 110 cm³/mol. The molecule has 1 unspecified atom stereocenters. The summed E-state index contributed by atoms with van der Waals surface area (Å²) in [7, 11) is 0. The molecule has 0 bridgehead atoms. The van der Waals surface area contributed by atoms with Gasteiger partial charge in [-0.25, -0.2) is 4.39 Å². The maximum atomic E-state index is 15.0. The molecule has 0 aromatic heterocycles. The summed E-state index contributed by atoms with van der Waals surface area (Å²) in [4.78, 5) is 42.3. The maximum Gasteiger partial charge on any atom is 0.255 e. The predicted octanol–water partition coefficient (Wildman–Crippen LogP) is 0.745. The van der Waals surface area contributed by atoms with Gasteiger partial charge in [0.25, 0.3) is 5.91 Å². The minimum Gasteiger partial charge on any atom is -0.380 e. The van der Waals surface area contributed by atoms with E-state index in [1.165, 1.54) is 11.0 Å². The Kier molecular flexibility index (Phi) is 4.97. The molecule has 0 radical (unpaired) electrons. The molecular weight excluding hydrogens is 403 g/mol. The average Bonchev–Trinajstić information content (AvgIpc) is 3.02. The van der Waals surface area contributed by atoms with Crippen LogP contribution in [-0.2, 0) is 20.9 Å². The number of ether oxygens (including phenoxy) is 1. The van der Waals surface area contributed by atoms with E-state index in [9.17, 15) is 18.8 Å². The van der Waals surface area contributed by atoms with E-state index in [0.29, 0.717) is 17.7 Å². The highest BCUT2D eigenvalue weighted by molar-refractivity contribution is 6.05. The third-order valence-electron chi connectivity index (χ3n) is 6.81. The van der Waals surface area contributed by atoms with Crippen LogP contribution in [0.5, 0.6) is 0 Å². The number of imide groups is 1. The van der Waals surface area contributed by atoms with Crippen LogP contribution in [0.4, 0.5) is 10.1 Å². The zero-order chi connectivity index (χ0) is 21.8. The molecule has 1 atom stereocenters. The van der Waals surface area contributed by atoms with Gasteiger partial charge in [0.15, 0.2) is 0 Å². The number of piperazine rings is 1. The van der Waals surface area contributed by atoms with E-state index in [0.717, 1.165) is 51.5 Å². The van der Waals surface area contributed by atoms with Gasteiger partial charge in [0.2, 0.25) is 11.8 Å². The highest BCUT2D eigenvalue weighted by Gasteiger charge is 2.40. The number of piperidine rings is 1. The Morgan fingerprint density at radius 3 is 2.55 bits per heavy atom. The van der Waals surface area contributed by atoms with Gasteiger partial charge in [-0.1, -0.05) is 6.92 Å². The molecule has 1 aromatic rings. The number of hydrogen-bond acceptors (Lipinski definition) is 6. The van der Waals surface area contributed by atoms with Gasteiger partial charge in [-0.15, -0.1) is 0 Å². The van der Waals surface area contributed by atoms with Gasteiger partial charge >= 0.3 is 0 Å². The Balaban J connectivity index is 1.28. The summed E-state index contributed by atoms with van der Waals surface area (Å²) in [6.07, 6.45) is 0.497. The molecule has 4 aliphatic rings. The monoisotopic (exact) mass is 430 g/mol. The van der Waals surface area contributed by atoms with Crippen molar-refractivity contribution >= 4 is 23.4 Å². The minimum atomic E-state index is -0.690. The Bertz CT molecular complexity index is 940. The number of halogens is 1. The summed E-state index contributed by atoms with van der Waals surface area (Å²) in [6.45, 7) is 8.22. The van der Waals surface area contributed by atoms with Crippen LogP contribution in [0, 0.1) is 11.2 Å². The van der Waals surface area contributed by atoms with E-state index < -0.39 is 17.8 Å². The molecule has 166 valence electrons. The van der Waals surface area contributed by atoms with Crippen molar-refractivity contribution in [1.29, 1.82) is 0 Å². The van der Waals surface area contributed by atoms with Crippen molar-refractivity contribution in [3.05, 3.63) is 29.1 Å². The third-order valence-corrected chi connectivity index (χ3v) is 6.81. The van der Waals surface area contributed by atoms with Crippen molar-refractivity contribution in [2.45, 2.75) is 32.4 Å². The van der Waals surface area contributed by atoms with E-state index in [4.69, 9.17) is 4.74 Å². The molecule has 0 aliphatic carbocycles. The minimum absolute atomic E-state index is 0.200. The Labute approximate surface area is 180 Å². The van der Waals surface area contributed by atoms with Crippen LogP contribution in [-0.4, -0.2) is 79.5 Å². The van der Waals surface area contributed by atoms with E-state index in [2.05, 4.69) is 17.1 Å². The highest BCUT2D eigenvalue weighted by atomic mass is 19.1. The number of nitrogens with one attached hydrogen (secondary N) is 1. The summed E-state index contributed by atoms with van der Waals surface area (Å²) in [5.74, 6) is -1.54. The number of anilines is 1. The molecule has 3 saturated heterocycles. The Morgan fingerprint density at radius 1 is 1.16 bits per heavy atom. The van der Waals surface area contributed by atoms with Gasteiger partial charge < -0.3 is 14.5 Å². The van der Waals surface area contributed by atoms with Crippen molar-refractivity contribution < 1.29 is 23.5 Å². The number of carbonyl (C=O) groups is 3. The van der Waals surface area contributed by atoms with Crippen molar-refractivity contribution in [2.75, 3.05) is 50.8 Å². The van der Waals surface area contributed by atoms with Gasteiger partial charge in [-0.2, -0.15) is 0 Å². The number of carbonyl (C=O) groups excluding carboxylic acids is 3. The molecule has 9 heteroatoms. The van der Waals surface area contributed by atoms with Gasteiger partial charge in [0, 0.05) is 56.7 Å². The lowest BCUT2D eigenvalue weighted by Gasteiger charge is -2.44. The van der Waals surface area contributed by atoms with Crippen LogP contribution < -0.4 is 10.2 Å². The third kappa shape index (κ3) is 3.70. The largest absolute Gasteiger partial charge is 0.380 e. The fourth-order valence-electron chi connectivity index (χ4n) is 5.05. The van der Waals surface area contributed by atoms with Gasteiger partial charge in [0.1, 0.15) is 11.9 Å². The van der Waals surface area contributed by atoms with Crippen molar-refractivity contribution in [2.24, 2.45) is 5.41 Å². The van der Waals surface area contributed by atoms with E-state index in [-0.39, 0.29) is 30.2 Å². The first-order valence-corrected chi connectivity index (χ1v) is 10.9. The molecule has 1 aromatic carbocycles. The fourth-order valence-corrected chi connectivity index (χ4v) is 5.05. The SMILES string of the molecule is CC1(CN2CCN(c3cc4c(cc3F)C(=O)N(C3CCC(=O)NC3=O)C4)CC2)COC1. The lowest BCUT2D eigenvalue weighted by Crippen LogP contribution is -2.54. The summed E-state index contributed by atoms with van der Waals surface area (Å²) < 4.78 is 20.3. The fraction of sp³-hybridized carbons (Fsp3) is 0.591. The van der Waals surface area contributed by atoms with Crippen molar-refractivity contribution in [3.8, 4) is 0 Å². The van der Waals surface area contributed by atoms with Crippen LogP contribution in [0.2, 0.25) is 0 Å². The molecule has 4 aliphatic heterocycles. The lowest BCUT2D eigenvalue weighted by atomic mass is 9.88. The van der Waals surface area contributed by atoms with Crippen molar-refractivity contribution in [1.82, 2.24) is 15.1 Å². The summed E-state index contributed by atoms with van der Waals surface area (Å²) in [5, 5.41) is 2.29. The van der Waals surface area contributed by atoms with Crippen molar-refractivity contribution in [3.63, 3.8) is 0 Å². The smallest absolute Gasteiger partial charge is 0.255 e. The molecule has 1 N–H and O–H groups in total. The Hall–Kier alpha value is -2.52. The second-order valence-electron chi connectivity index (χ2n) is 9.43. The molecule has 0 saturated carbocycles. The quantitative estimate of drug-likeness (QED) is 0.710. The highest BCUT2D eigenvalue weighted by Crippen LogP contribution is 2.33. The number of nitrogens with zero attached hydrogens (tertiary/aromatic N) is 3. The van der Waals surface area contributed by atoms with E-state index in [1.54, 1.807) is 6.07 Å². The van der Waals surface area contributed by atoms with Gasteiger partial charge in [-0.3, -0.25) is 24.6 Å². The molecule has 8 nitrogen and oxygen atoms in total. The maximum absolute atomic E-state index is 15.0. The Morgan fingerprint density at radius 2 is 1.90 bits per heavy atom. The number of rotatable bonds is 4. The molecular formula is C22H27FN4O4. The average molecular weight is 430 g/mol. The normalized spacial score (nSPS) is 26.0. The summed E-state index contributed by atoms with van der Waals surface area (Å²) >= 11 is 0. The zero-order valence-electron chi connectivity index (χ0n) is 17.7. The number of benzene rings is 1. The molecule has 3 amide bonds. The summed E-state index contributed by atoms with van der Waals surface area (Å²) in [6, 6.07) is 2.37. The molecule has 31 heavy (non-hydrogen) atoms. The molecule has 5 rings (SSSR count). The first-order chi connectivity index (χ1) is 14.8. The van der Waals surface area contributed by atoms with Crippen LogP contribution in [0.15, 0.2) is 12.1 Å². The molecule has 3 fully saturated rings. The first kappa shape index (κ1) is 20.4. The topological polar surface area (TPSA) is 82.2 Å². The van der Waals surface area contributed by atoms with Crippen LogP contribution in [0.3, 0.4) is 0 Å². The van der Waals surface area contributed by atoms with Gasteiger partial charge in [0.05, 0.1) is 18.9 Å². The van der Waals surface area contributed by atoms with Crippen LogP contribution in [0.25, 0.3) is 0 Å². The molecule has 4 heterocycles. The number of fused-ring (bicyclic) bond motifs is 1. The lowest BCUT2D eigenvalue weighted by molar-refractivity contribution is -0.136. The van der Waals surface area contributed by atoms with Crippen LogP contribution >= 0.6 is 0 Å². The van der Waals surface area contributed by atoms with Gasteiger partial charge in [-0.05, 0) is 24.1 Å². The number of amides is 3. The second kappa shape index (κ2) is 7.56. The zero-order valence-corrected chi connectivity index (χ0v) is 17.7. The number of hydrogen-bond donors (Lipinski definition) is 1. The molecule has 0 spiro atoms. The standard InChI is InChI=1S/C22H27FN4O4/c1-22(12-31-13-22)11-25-4-6-26(7-5-25)18-8-14-10-27(21(30)15(14)9-16(18)23)17-2-3-19(28)24-20(17)29/h8-9,17H,2-7,10-13H2,1H3,(H,24,28,29). The van der Waals surface area contributed by atoms with E-state index >= 15 is 0 Å². The second-order valence-corrected chi connectivity index (χ2v) is 9.43. The van der Waals surface area contributed by atoms with E-state index in [1.807, 2.05) is 4.90 Å². The summed E-state index contributed by atoms with van der Waals surface area (Å²) in [5.41, 5.74) is 1.77. The first-order valence-electron chi connectivity index (χ1n) is 10.9. The van der Waals surface area contributed by atoms with Crippen LogP contribution in [0.1, 0.15) is 35.7 Å².